The molecule has 0 fully saturated rings. The molecule has 2 heterocycles. The highest BCUT2D eigenvalue weighted by Crippen LogP contribution is 2.30. The Bertz CT molecular complexity index is 1260. The molecule has 4 aromatic rings. The van der Waals surface area contributed by atoms with Gasteiger partial charge in [0.2, 0.25) is 5.91 Å². The van der Waals surface area contributed by atoms with E-state index in [0.29, 0.717) is 30.7 Å². The maximum atomic E-state index is 12.5. The number of esters is 1. The number of benzene rings is 2. The third kappa shape index (κ3) is 5.70. The number of nitrogens with one attached hydrogen (secondary N) is 2. The second kappa shape index (κ2) is 10.8. The molecule has 4 rings (SSSR count). The normalized spacial score (nSPS) is 11.0. The fourth-order valence-electron chi connectivity index (χ4n) is 3.85. The van der Waals surface area contributed by atoms with E-state index in [-0.39, 0.29) is 17.8 Å². The molecule has 174 valence electrons. The van der Waals surface area contributed by atoms with Crippen LogP contribution < -0.4 is 5.32 Å². The Hall–Kier alpha value is -3.93. The monoisotopic (exact) mass is 455 g/mol. The van der Waals surface area contributed by atoms with E-state index in [9.17, 15) is 9.59 Å². The Balaban J connectivity index is 1.36. The van der Waals surface area contributed by atoms with Crippen LogP contribution in [0.15, 0.2) is 72.9 Å². The molecule has 0 aliphatic heterocycles. The molecule has 0 saturated heterocycles. The van der Waals surface area contributed by atoms with Gasteiger partial charge >= 0.3 is 5.97 Å². The molecule has 34 heavy (non-hydrogen) atoms. The molecule has 0 aliphatic carbocycles. The number of aromatic nitrogens is 2. The lowest BCUT2D eigenvalue weighted by Gasteiger charge is -2.09. The summed E-state index contributed by atoms with van der Waals surface area (Å²) in [6.45, 7) is 4.36. The number of rotatable bonds is 9. The first-order valence-corrected chi connectivity index (χ1v) is 11.6. The predicted octanol–water partition coefficient (Wildman–Crippen LogP) is 6.00. The van der Waals surface area contributed by atoms with Gasteiger partial charge in [0.25, 0.3) is 0 Å². The van der Waals surface area contributed by atoms with Gasteiger partial charge in [0.1, 0.15) is 0 Å². The number of carbonyl (C=O) groups is 2. The number of ether oxygens (including phenoxy) is 1. The maximum absolute atomic E-state index is 12.5. The van der Waals surface area contributed by atoms with E-state index in [4.69, 9.17) is 4.74 Å². The SMILES string of the molecule is CC(C)COC(=O)c1ccc(NC(=O)CCCc2c(-c3ccccn3)[nH]c3ccccc23)cc1. The molecular weight excluding hydrogens is 426 g/mol. The van der Waals surface area contributed by atoms with E-state index in [2.05, 4.69) is 27.4 Å². The van der Waals surface area contributed by atoms with Crippen LogP contribution >= 0.6 is 0 Å². The molecule has 1 amide bonds. The Morgan fingerprint density at radius 1 is 1.00 bits per heavy atom. The summed E-state index contributed by atoms with van der Waals surface area (Å²) in [6.07, 6.45) is 3.63. The lowest BCUT2D eigenvalue weighted by molar-refractivity contribution is -0.116. The van der Waals surface area contributed by atoms with Gasteiger partial charge in [-0.15, -0.1) is 0 Å². The summed E-state index contributed by atoms with van der Waals surface area (Å²) in [7, 11) is 0. The number of anilines is 1. The standard InChI is InChI=1S/C28H29N3O3/c1-19(2)18-34-28(33)20-13-15-21(16-14-20)30-26(32)12-7-9-23-22-8-3-4-10-24(22)31-27(23)25-11-5-6-17-29-25/h3-6,8,10-11,13-17,19,31H,7,9,12,18H2,1-2H3,(H,30,32). The number of amides is 1. The van der Waals surface area contributed by atoms with Crippen LogP contribution in [0.3, 0.4) is 0 Å². The lowest BCUT2D eigenvalue weighted by atomic mass is 10.0. The summed E-state index contributed by atoms with van der Waals surface area (Å²) in [6, 6.07) is 20.8. The minimum atomic E-state index is -0.353. The first-order chi connectivity index (χ1) is 16.5. The highest BCUT2D eigenvalue weighted by Gasteiger charge is 2.14. The minimum Gasteiger partial charge on any atom is -0.462 e. The average molecular weight is 456 g/mol. The van der Waals surface area contributed by atoms with Crippen LogP contribution in [0, 0.1) is 5.92 Å². The van der Waals surface area contributed by atoms with Gasteiger partial charge in [-0.1, -0.05) is 38.1 Å². The van der Waals surface area contributed by atoms with Crippen molar-refractivity contribution in [1.29, 1.82) is 0 Å². The summed E-state index contributed by atoms with van der Waals surface area (Å²) in [5.41, 5.74) is 5.26. The van der Waals surface area contributed by atoms with Gasteiger partial charge in [0.05, 0.1) is 23.6 Å². The quantitative estimate of drug-likeness (QED) is 0.303. The number of pyridine rings is 1. The summed E-state index contributed by atoms with van der Waals surface area (Å²) in [5.74, 6) is -0.129. The van der Waals surface area contributed by atoms with Gasteiger partial charge in [-0.25, -0.2) is 4.79 Å². The maximum Gasteiger partial charge on any atom is 0.338 e. The predicted molar refractivity (Wildman–Crippen MR) is 135 cm³/mol. The summed E-state index contributed by atoms with van der Waals surface area (Å²) in [4.78, 5) is 32.6. The molecular formula is C28H29N3O3. The largest absolute Gasteiger partial charge is 0.462 e. The van der Waals surface area contributed by atoms with Crippen molar-refractivity contribution >= 4 is 28.5 Å². The van der Waals surface area contributed by atoms with E-state index >= 15 is 0 Å². The first-order valence-electron chi connectivity index (χ1n) is 11.6. The first kappa shape index (κ1) is 23.2. The fourth-order valence-corrected chi connectivity index (χ4v) is 3.85. The summed E-state index contributed by atoms with van der Waals surface area (Å²) < 4.78 is 5.24. The summed E-state index contributed by atoms with van der Waals surface area (Å²) >= 11 is 0. The van der Waals surface area contributed by atoms with Crippen molar-refractivity contribution in [1.82, 2.24) is 9.97 Å². The third-order valence-electron chi connectivity index (χ3n) is 5.52. The summed E-state index contributed by atoms with van der Waals surface area (Å²) in [5, 5.41) is 4.07. The fraction of sp³-hybridized carbons (Fsp3) is 0.250. The average Bonchev–Trinajstić information content (AvgIpc) is 3.22. The zero-order valence-electron chi connectivity index (χ0n) is 19.5. The van der Waals surface area contributed by atoms with E-state index in [1.807, 2.05) is 44.2 Å². The molecule has 0 spiro atoms. The highest BCUT2D eigenvalue weighted by atomic mass is 16.5. The van der Waals surface area contributed by atoms with Gasteiger partial charge in [0, 0.05) is 29.2 Å². The lowest BCUT2D eigenvalue weighted by Crippen LogP contribution is -2.12. The Morgan fingerprint density at radius 3 is 2.50 bits per heavy atom. The van der Waals surface area contributed by atoms with Crippen molar-refractivity contribution < 1.29 is 14.3 Å². The number of hydrogen-bond acceptors (Lipinski definition) is 4. The van der Waals surface area contributed by atoms with E-state index in [1.165, 1.54) is 5.56 Å². The third-order valence-corrected chi connectivity index (χ3v) is 5.52. The molecule has 0 radical (unpaired) electrons. The second-order valence-corrected chi connectivity index (χ2v) is 8.71. The van der Waals surface area contributed by atoms with Crippen LogP contribution in [0.2, 0.25) is 0 Å². The number of carbonyl (C=O) groups excluding carboxylic acids is 2. The van der Waals surface area contributed by atoms with Crippen molar-refractivity contribution in [2.75, 3.05) is 11.9 Å². The van der Waals surface area contributed by atoms with Gasteiger partial charge in [-0.2, -0.15) is 0 Å². The number of nitrogens with zero attached hydrogens (tertiary/aromatic N) is 1. The van der Waals surface area contributed by atoms with Crippen LogP contribution in [-0.4, -0.2) is 28.5 Å². The van der Waals surface area contributed by atoms with Crippen LogP contribution in [0.1, 0.15) is 42.6 Å². The van der Waals surface area contributed by atoms with Gasteiger partial charge in [-0.05, 0) is 66.8 Å². The van der Waals surface area contributed by atoms with E-state index < -0.39 is 0 Å². The molecule has 2 aromatic heterocycles. The van der Waals surface area contributed by atoms with Crippen LogP contribution in [-0.2, 0) is 16.0 Å². The number of para-hydroxylation sites is 1. The second-order valence-electron chi connectivity index (χ2n) is 8.71. The van der Waals surface area contributed by atoms with Gasteiger partial charge < -0.3 is 15.0 Å². The molecule has 6 heteroatoms. The van der Waals surface area contributed by atoms with Crippen molar-refractivity contribution in [3.8, 4) is 11.4 Å². The number of fused-ring (bicyclic) bond motifs is 1. The smallest absolute Gasteiger partial charge is 0.338 e. The molecule has 0 atom stereocenters. The van der Waals surface area contributed by atoms with Crippen molar-refractivity contribution in [2.45, 2.75) is 33.1 Å². The van der Waals surface area contributed by atoms with E-state index in [1.54, 1.807) is 30.5 Å². The van der Waals surface area contributed by atoms with Gasteiger partial charge in [-0.3, -0.25) is 9.78 Å². The van der Waals surface area contributed by atoms with Crippen LogP contribution in [0.4, 0.5) is 5.69 Å². The van der Waals surface area contributed by atoms with Crippen LogP contribution in [0.5, 0.6) is 0 Å². The number of aryl methyl sites for hydroxylation is 1. The topological polar surface area (TPSA) is 84.1 Å². The van der Waals surface area contributed by atoms with E-state index in [0.717, 1.165) is 28.7 Å². The Labute approximate surface area is 199 Å². The molecule has 6 nitrogen and oxygen atoms in total. The van der Waals surface area contributed by atoms with Crippen LogP contribution in [0.25, 0.3) is 22.3 Å². The Kier molecular flexibility index (Phi) is 7.38. The van der Waals surface area contributed by atoms with Gasteiger partial charge in [0.15, 0.2) is 0 Å². The van der Waals surface area contributed by atoms with Crippen molar-refractivity contribution in [3.05, 3.63) is 84.1 Å². The molecule has 2 N–H and O–H groups in total. The zero-order chi connectivity index (χ0) is 23.9. The van der Waals surface area contributed by atoms with Crippen molar-refractivity contribution in [2.24, 2.45) is 5.92 Å². The zero-order valence-corrected chi connectivity index (χ0v) is 19.5. The molecule has 0 saturated carbocycles. The number of hydrogen-bond donors (Lipinski definition) is 2. The molecule has 2 aromatic carbocycles. The highest BCUT2D eigenvalue weighted by molar-refractivity contribution is 5.93. The minimum absolute atomic E-state index is 0.0608. The van der Waals surface area contributed by atoms with Crippen molar-refractivity contribution in [3.63, 3.8) is 0 Å². The number of H-pyrrole nitrogens is 1. The molecule has 0 aliphatic rings. The molecule has 0 unspecified atom stereocenters. The Morgan fingerprint density at radius 2 is 1.76 bits per heavy atom. The number of aromatic amines is 1. The molecule has 0 bridgehead atoms.